The molecule has 0 spiro atoms. The second-order valence-electron chi connectivity index (χ2n) is 6.85. The summed E-state index contributed by atoms with van der Waals surface area (Å²) < 4.78 is 12.6. The molecule has 1 fully saturated rings. The quantitative estimate of drug-likeness (QED) is 0.818. The Kier molecular flexibility index (Phi) is 6.77. The second kappa shape index (κ2) is 8.60. The van der Waals surface area contributed by atoms with Crippen LogP contribution in [0, 0.1) is 5.92 Å². The van der Waals surface area contributed by atoms with E-state index in [4.69, 9.17) is 9.47 Å². The minimum atomic E-state index is -0.192. The van der Waals surface area contributed by atoms with Gasteiger partial charge in [0.15, 0.2) is 5.82 Å². The summed E-state index contributed by atoms with van der Waals surface area (Å²) in [5.41, 5.74) is 0. The van der Waals surface area contributed by atoms with Crippen LogP contribution in [-0.4, -0.2) is 65.6 Å². The largest absolute Gasteiger partial charge is 0.383 e. The summed E-state index contributed by atoms with van der Waals surface area (Å²) in [7, 11) is 1.66. The van der Waals surface area contributed by atoms with Crippen molar-refractivity contribution in [1.82, 2.24) is 14.7 Å². The van der Waals surface area contributed by atoms with Crippen molar-refractivity contribution in [3.63, 3.8) is 0 Å². The molecule has 0 radical (unpaired) electrons. The number of carbonyl (C=O) groups excluding carboxylic acids is 1. The fourth-order valence-corrected chi connectivity index (χ4v) is 3.27. The number of nitrogens with one attached hydrogen (secondary N) is 1. The Bertz CT molecular complexity index is 522. The van der Waals surface area contributed by atoms with Gasteiger partial charge in [0.25, 0.3) is 0 Å². The number of hydrogen-bond acceptors (Lipinski definition) is 5. The van der Waals surface area contributed by atoms with Crippen LogP contribution in [0.5, 0.6) is 0 Å². The number of nitrogens with zero attached hydrogens (tertiary/aromatic N) is 3. The van der Waals surface area contributed by atoms with Crippen molar-refractivity contribution in [1.29, 1.82) is 0 Å². The molecule has 0 unspecified atom stereocenters. The van der Waals surface area contributed by atoms with Gasteiger partial charge in [-0.15, -0.1) is 0 Å². The Morgan fingerprint density at radius 1 is 1.42 bits per heavy atom. The molecule has 1 aliphatic heterocycles. The number of amides is 1. The van der Waals surface area contributed by atoms with Gasteiger partial charge in [-0.1, -0.05) is 13.8 Å². The molecule has 0 aromatic carbocycles. The van der Waals surface area contributed by atoms with Crippen molar-refractivity contribution in [2.24, 2.45) is 5.92 Å². The van der Waals surface area contributed by atoms with Crippen LogP contribution in [0.3, 0.4) is 0 Å². The molecular weight excluding hydrogens is 308 g/mol. The highest BCUT2D eigenvalue weighted by atomic mass is 16.5. The van der Waals surface area contributed by atoms with Crippen LogP contribution in [0.1, 0.15) is 27.7 Å². The number of morpholine rings is 1. The zero-order valence-corrected chi connectivity index (χ0v) is 15.4. The van der Waals surface area contributed by atoms with Gasteiger partial charge < -0.3 is 14.8 Å². The lowest BCUT2D eigenvalue weighted by atomic mass is 9.99. The van der Waals surface area contributed by atoms with Crippen molar-refractivity contribution in [2.75, 3.05) is 32.1 Å². The summed E-state index contributed by atoms with van der Waals surface area (Å²) in [5.74, 6) is 0.775. The summed E-state index contributed by atoms with van der Waals surface area (Å²) in [4.78, 5) is 15.0. The Labute approximate surface area is 144 Å². The van der Waals surface area contributed by atoms with E-state index >= 15 is 0 Å². The predicted octanol–water partition coefficient (Wildman–Crippen LogP) is 1.60. The number of carbonyl (C=O) groups is 1. The van der Waals surface area contributed by atoms with Gasteiger partial charge in [0.1, 0.15) is 0 Å². The number of hydrogen-bond donors (Lipinski definition) is 1. The van der Waals surface area contributed by atoms with E-state index in [2.05, 4.69) is 43.0 Å². The molecule has 136 valence electrons. The number of anilines is 1. The SMILES string of the molecule is COCCn1ccc(NC(=O)[C@H](C(C)C)N2C[C@@H](C)O[C@H](C)C2)n1. The topological polar surface area (TPSA) is 68.6 Å². The number of methoxy groups -OCH3 is 1. The van der Waals surface area contributed by atoms with Crippen molar-refractivity contribution in [3.8, 4) is 0 Å². The average molecular weight is 338 g/mol. The Morgan fingerprint density at radius 3 is 2.67 bits per heavy atom. The summed E-state index contributed by atoms with van der Waals surface area (Å²) >= 11 is 0. The molecule has 0 saturated carbocycles. The smallest absolute Gasteiger partial charge is 0.243 e. The Hall–Kier alpha value is -1.44. The Morgan fingerprint density at radius 2 is 2.08 bits per heavy atom. The monoisotopic (exact) mass is 338 g/mol. The molecule has 0 bridgehead atoms. The van der Waals surface area contributed by atoms with Gasteiger partial charge in [0.05, 0.1) is 31.4 Å². The van der Waals surface area contributed by atoms with Gasteiger partial charge in [-0.3, -0.25) is 14.4 Å². The molecule has 2 heterocycles. The maximum Gasteiger partial charge on any atom is 0.243 e. The summed E-state index contributed by atoms with van der Waals surface area (Å²) in [6.45, 7) is 11.0. The van der Waals surface area contributed by atoms with E-state index < -0.39 is 0 Å². The van der Waals surface area contributed by atoms with Crippen molar-refractivity contribution >= 4 is 11.7 Å². The first-order chi connectivity index (χ1) is 11.4. The van der Waals surface area contributed by atoms with Crippen LogP contribution in [0.15, 0.2) is 12.3 Å². The van der Waals surface area contributed by atoms with E-state index in [1.54, 1.807) is 11.8 Å². The lowest BCUT2D eigenvalue weighted by molar-refractivity contribution is -0.130. The molecule has 1 aliphatic rings. The van der Waals surface area contributed by atoms with E-state index in [-0.39, 0.29) is 30.1 Å². The molecule has 3 atom stereocenters. The third-order valence-corrected chi connectivity index (χ3v) is 4.16. The lowest BCUT2D eigenvalue weighted by Crippen LogP contribution is -2.55. The van der Waals surface area contributed by atoms with Crippen LogP contribution >= 0.6 is 0 Å². The number of rotatable bonds is 7. The molecule has 24 heavy (non-hydrogen) atoms. The van der Waals surface area contributed by atoms with Gasteiger partial charge in [-0.05, 0) is 19.8 Å². The number of ether oxygens (including phenoxy) is 2. The average Bonchev–Trinajstić information content (AvgIpc) is 2.91. The van der Waals surface area contributed by atoms with E-state index in [0.717, 1.165) is 13.1 Å². The van der Waals surface area contributed by atoms with Crippen molar-refractivity contribution < 1.29 is 14.3 Å². The first-order valence-electron chi connectivity index (χ1n) is 8.63. The maximum absolute atomic E-state index is 12.8. The second-order valence-corrected chi connectivity index (χ2v) is 6.85. The van der Waals surface area contributed by atoms with Crippen molar-refractivity contribution in [3.05, 3.63) is 12.3 Å². The Balaban J connectivity index is 2.02. The molecular formula is C17H30N4O3. The molecule has 7 heteroatoms. The highest BCUT2D eigenvalue weighted by Gasteiger charge is 2.34. The van der Waals surface area contributed by atoms with Crippen LogP contribution in [-0.2, 0) is 20.8 Å². The number of aromatic nitrogens is 2. The molecule has 2 rings (SSSR count). The highest BCUT2D eigenvalue weighted by molar-refractivity contribution is 5.94. The third kappa shape index (κ3) is 5.03. The summed E-state index contributed by atoms with van der Waals surface area (Å²) in [6.07, 6.45) is 2.12. The third-order valence-electron chi connectivity index (χ3n) is 4.16. The normalized spacial score (nSPS) is 23.4. The van der Waals surface area contributed by atoms with Gasteiger partial charge in [0.2, 0.25) is 5.91 Å². The fourth-order valence-electron chi connectivity index (χ4n) is 3.27. The standard InChI is InChI=1S/C17H30N4O3/c1-12(2)16(20-10-13(3)24-14(4)11-20)17(22)18-15-6-7-21(19-15)8-9-23-5/h6-7,12-14,16H,8-11H2,1-5H3,(H,18,19,22)/t13-,14-,16+/m1/s1. The zero-order chi connectivity index (χ0) is 17.7. The molecule has 1 aromatic rings. The van der Waals surface area contributed by atoms with Gasteiger partial charge >= 0.3 is 0 Å². The minimum Gasteiger partial charge on any atom is -0.383 e. The zero-order valence-electron chi connectivity index (χ0n) is 15.4. The molecule has 0 aliphatic carbocycles. The maximum atomic E-state index is 12.8. The summed E-state index contributed by atoms with van der Waals surface area (Å²) in [5, 5.41) is 7.32. The van der Waals surface area contributed by atoms with E-state index in [1.165, 1.54) is 0 Å². The van der Waals surface area contributed by atoms with Gasteiger partial charge in [-0.25, -0.2) is 0 Å². The first kappa shape index (κ1) is 18.9. The first-order valence-corrected chi connectivity index (χ1v) is 8.63. The fraction of sp³-hybridized carbons (Fsp3) is 0.765. The molecule has 1 aromatic heterocycles. The van der Waals surface area contributed by atoms with E-state index in [0.29, 0.717) is 19.0 Å². The molecule has 1 N–H and O–H groups in total. The van der Waals surface area contributed by atoms with Gasteiger partial charge in [0, 0.05) is 32.5 Å². The van der Waals surface area contributed by atoms with Crippen LogP contribution in [0.4, 0.5) is 5.82 Å². The van der Waals surface area contributed by atoms with Crippen molar-refractivity contribution in [2.45, 2.75) is 52.5 Å². The lowest BCUT2D eigenvalue weighted by Gasteiger charge is -2.40. The molecule has 1 saturated heterocycles. The van der Waals surface area contributed by atoms with Crippen LogP contribution in [0.25, 0.3) is 0 Å². The predicted molar refractivity (Wildman–Crippen MR) is 92.9 cm³/mol. The van der Waals surface area contributed by atoms with Crippen LogP contribution < -0.4 is 5.32 Å². The molecule has 7 nitrogen and oxygen atoms in total. The molecule has 1 amide bonds. The van der Waals surface area contributed by atoms with E-state index in [9.17, 15) is 4.79 Å². The van der Waals surface area contributed by atoms with E-state index in [1.807, 2.05) is 12.3 Å². The minimum absolute atomic E-state index is 0.0108. The van der Waals surface area contributed by atoms with Crippen LogP contribution in [0.2, 0.25) is 0 Å². The van der Waals surface area contributed by atoms with Gasteiger partial charge in [-0.2, -0.15) is 5.10 Å². The summed E-state index contributed by atoms with van der Waals surface area (Å²) in [6, 6.07) is 1.62. The highest BCUT2D eigenvalue weighted by Crippen LogP contribution is 2.20.